The van der Waals surface area contributed by atoms with E-state index >= 15 is 0 Å². The largest absolute Gasteiger partial charge is 0.351 e. The Labute approximate surface area is 119 Å². The first-order valence-electron chi connectivity index (χ1n) is 6.46. The molecule has 5 heteroatoms. The quantitative estimate of drug-likeness (QED) is 0.746. The third-order valence-corrected chi connectivity index (χ3v) is 3.17. The van der Waals surface area contributed by atoms with E-state index in [2.05, 4.69) is 5.32 Å². The van der Waals surface area contributed by atoms with Crippen LogP contribution in [-0.2, 0) is 15.9 Å². The van der Waals surface area contributed by atoms with E-state index < -0.39 is 0 Å². The highest BCUT2D eigenvalue weighted by atomic mass is 35.5. The molecule has 19 heavy (non-hydrogen) atoms. The Morgan fingerprint density at radius 3 is 2.37 bits per heavy atom. The number of halogens is 2. The van der Waals surface area contributed by atoms with Crippen LogP contribution in [0.3, 0.4) is 0 Å². The molecule has 0 amide bonds. The van der Waals surface area contributed by atoms with Gasteiger partial charge in [-0.3, -0.25) is 0 Å². The van der Waals surface area contributed by atoms with Gasteiger partial charge in [0.1, 0.15) is 5.82 Å². The van der Waals surface area contributed by atoms with Crippen LogP contribution in [0.1, 0.15) is 19.4 Å². The molecule has 1 atom stereocenters. The Bertz CT molecular complexity index is 384. The third kappa shape index (κ3) is 5.07. The van der Waals surface area contributed by atoms with Gasteiger partial charge in [0.05, 0.1) is 6.04 Å². The van der Waals surface area contributed by atoms with Crippen LogP contribution >= 0.6 is 11.6 Å². The average Bonchev–Trinajstić information content (AvgIpc) is 2.38. The van der Waals surface area contributed by atoms with Crippen LogP contribution in [-0.4, -0.2) is 32.6 Å². The molecular weight excluding hydrogens is 269 g/mol. The molecule has 0 bridgehead atoms. The van der Waals surface area contributed by atoms with Crippen molar-refractivity contribution in [2.24, 2.45) is 0 Å². The zero-order valence-electron chi connectivity index (χ0n) is 11.6. The zero-order valence-corrected chi connectivity index (χ0v) is 12.3. The van der Waals surface area contributed by atoms with Gasteiger partial charge in [0.25, 0.3) is 0 Å². The number of likely N-dealkylation sites (N-methyl/N-ethyl adjacent to an activating group) is 1. The summed E-state index contributed by atoms with van der Waals surface area (Å²) in [5.41, 5.74) is 0.867. The lowest BCUT2D eigenvalue weighted by atomic mass is 10.1. The maximum absolute atomic E-state index is 13.0. The molecule has 1 rings (SSSR count). The molecule has 3 nitrogen and oxygen atoms in total. The maximum atomic E-state index is 13.0. The van der Waals surface area contributed by atoms with Crippen molar-refractivity contribution in [2.75, 3.05) is 20.3 Å². The molecule has 1 N–H and O–H groups in total. The number of benzene rings is 1. The predicted octanol–water partition coefficient (Wildman–Crippen LogP) is 3.01. The van der Waals surface area contributed by atoms with Crippen LogP contribution in [0.5, 0.6) is 0 Å². The van der Waals surface area contributed by atoms with Gasteiger partial charge in [0.2, 0.25) is 0 Å². The Morgan fingerprint density at radius 1 is 1.26 bits per heavy atom. The van der Waals surface area contributed by atoms with Crippen LogP contribution in [0.25, 0.3) is 0 Å². The van der Waals surface area contributed by atoms with E-state index in [1.165, 1.54) is 12.1 Å². The van der Waals surface area contributed by atoms with Crippen molar-refractivity contribution in [3.8, 4) is 0 Å². The highest BCUT2D eigenvalue weighted by Gasteiger charge is 2.22. The fourth-order valence-corrected chi connectivity index (χ4v) is 2.11. The van der Waals surface area contributed by atoms with Crippen molar-refractivity contribution in [1.29, 1.82) is 0 Å². The zero-order chi connectivity index (χ0) is 14.3. The summed E-state index contributed by atoms with van der Waals surface area (Å²) in [6.07, 6.45) is 0.265. The second-order valence-electron chi connectivity index (χ2n) is 4.11. The SMILES string of the molecule is CCOC(OCC)C(Cc1ccc(F)cc1Cl)NC. The molecule has 0 aromatic heterocycles. The summed E-state index contributed by atoms with van der Waals surface area (Å²) in [5, 5.41) is 3.58. The topological polar surface area (TPSA) is 30.5 Å². The van der Waals surface area contributed by atoms with E-state index in [-0.39, 0.29) is 18.1 Å². The van der Waals surface area contributed by atoms with Crippen molar-refractivity contribution in [2.45, 2.75) is 32.6 Å². The summed E-state index contributed by atoms with van der Waals surface area (Å²) in [5.74, 6) is -0.332. The predicted molar refractivity (Wildman–Crippen MR) is 75.0 cm³/mol. The lowest BCUT2D eigenvalue weighted by molar-refractivity contribution is -0.152. The summed E-state index contributed by atoms with van der Waals surface area (Å²) in [7, 11) is 1.84. The Morgan fingerprint density at radius 2 is 1.89 bits per heavy atom. The smallest absolute Gasteiger partial charge is 0.172 e. The lowest BCUT2D eigenvalue weighted by Crippen LogP contribution is -2.43. The summed E-state index contributed by atoms with van der Waals surface area (Å²) >= 11 is 6.04. The van der Waals surface area contributed by atoms with Crippen LogP contribution in [0.4, 0.5) is 4.39 Å². The molecule has 1 aromatic rings. The second kappa shape index (κ2) is 8.48. The van der Waals surface area contributed by atoms with Crippen molar-refractivity contribution < 1.29 is 13.9 Å². The summed E-state index contributed by atoms with van der Waals surface area (Å²) < 4.78 is 24.2. The Kier molecular flexibility index (Phi) is 7.31. The average molecular weight is 290 g/mol. The molecule has 0 saturated heterocycles. The first kappa shape index (κ1) is 16.4. The first-order valence-corrected chi connectivity index (χ1v) is 6.84. The normalized spacial score (nSPS) is 12.9. The second-order valence-corrected chi connectivity index (χ2v) is 4.52. The molecule has 0 aliphatic heterocycles. The highest BCUT2D eigenvalue weighted by Crippen LogP contribution is 2.20. The highest BCUT2D eigenvalue weighted by molar-refractivity contribution is 6.31. The van der Waals surface area contributed by atoms with Gasteiger partial charge in [-0.05, 0) is 45.0 Å². The summed E-state index contributed by atoms with van der Waals surface area (Å²) in [4.78, 5) is 0. The standard InChI is InChI=1S/C14H21ClFNO2/c1-4-18-14(19-5-2)13(17-3)8-10-6-7-11(16)9-12(10)15/h6-7,9,13-14,17H,4-5,8H2,1-3H3. The van der Waals surface area contributed by atoms with E-state index in [0.717, 1.165) is 5.56 Å². The van der Waals surface area contributed by atoms with Gasteiger partial charge in [-0.15, -0.1) is 0 Å². The Balaban J connectivity index is 2.78. The molecule has 1 aromatic carbocycles. The van der Waals surface area contributed by atoms with Crippen LogP contribution in [0.2, 0.25) is 5.02 Å². The third-order valence-electron chi connectivity index (χ3n) is 2.82. The maximum Gasteiger partial charge on any atom is 0.172 e. The van der Waals surface area contributed by atoms with Gasteiger partial charge in [-0.2, -0.15) is 0 Å². The van der Waals surface area contributed by atoms with Crippen LogP contribution < -0.4 is 5.32 Å². The monoisotopic (exact) mass is 289 g/mol. The number of hydrogen-bond donors (Lipinski definition) is 1. The van der Waals surface area contributed by atoms with E-state index in [1.54, 1.807) is 6.07 Å². The van der Waals surface area contributed by atoms with Gasteiger partial charge >= 0.3 is 0 Å². The molecule has 0 heterocycles. The van der Waals surface area contributed by atoms with E-state index in [4.69, 9.17) is 21.1 Å². The number of rotatable bonds is 8. The molecule has 1 unspecified atom stereocenters. The molecule has 108 valence electrons. The molecule has 0 spiro atoms. The molecular formula is C14H21ClFNO2. The van der Waals surface area contributed by atoms with Crippen molar-refractivity contribution in [1.82, 2.24) is 5.32 Å². The van der Waals surface area contributed by atoms with Gasteiger partial charge in [0, 0.05) is 18.2 Å². The molecule has 0 aliphatic rings. The first-order chi connectivity index (χ1) is 9.12. The van der Waals surface area contributed by atoms with Gasteiger partial charge in [-0.1, -0.05) is 17.7 Å². The number of ether oxygens (including phenoxy) is 2. The van der Waals surface area contributed by atoms with Gasteiger partial charge in [-0.25, -0.2) is 4.39 Å². The van der Waals surface area contributed by atoms with Gasteiger partial charge < -0.3 is 14.8 Å². The van der Waals surface area contributed by atoms with E-state index in [1.807, 2.05) is 20.9 Å². The Hall–Kier alpha value is -0.680. The number of hydrogen-bond acceptors (Lipinski definition) is 3. The van der Waals surface area contributed by atoms with Crippen LogP contribution in [0.15, 0.2) is 18.2 Å². The fraction of sp³-hybridized carbons (Fsp3) is 0.571. The lowest BCUT2D eigenvalue weighted by Gasteiger charge is -2.26. The van der Waals surface area contributed by atoms with Crippen molar-refractivity contribution >= 4 is 11.6 Å². The molecule has 0 saturated carbocycles. The molecule has 0 radical (unpaired) electrons. The minimum Gasteiger partial charge on any atom is -0.351 e. The molecule has 0 aliphatic carbocycles. The minimum atomic E-state index is -0.346. The molecule has 0 fully saturated rings. The van der Waals surface area contributed by atoms with Gasteiger partial charge in [0.15, 0.2) is 6.29 Å². The summed E-state index contributed by atoms with van der Waals surface area (Å²) in [6.45, 7) is 4.98. The minimum absolute atomic E-state index is 0.0390. The fourth-order valence-electron chi connectivity index (χ4n) is 1.87. The van der Waals surface area contributed by atoms with Crippen molar-refractivity contribution in [3.05, 3.63) is 34.6 Å². The van der Waals surface area contributed by atoms with E-state index in [9.17, 15) is 4.39 Å². The van der Waals surface area contributed by atoms with E-state index in [0.29, 0.717) is 24.7 Å². The van der Waals surface area contributed by atoms with Crippen LogP contribution in [0, 0.1) is 5.82 Å². The number of nitrogens with one attached hydrogen (secondary N) is 1. The summed E-state index contributed by atoms with van der Waals surface area (Å²) in [6, 6.07) is 4.38. The van der Waals surface area contributed by atoms with Crippen molar-refractivity contribution in [3.63, 3.8) is 0 Å².